The van der Waals surface area contributed by atoms with Crippen LogP contribution in [-0.2, 0) is 5.41 Å². The Bertz CT molecular complexity index is 1130. The third-order valence-corrected chi connectivity index (χ3v) is 5.88. The maximum Gasteiger partial charge on any atom is 0.158 e. The summed E-state index contributed by atoms with van der Waals surface area (Å²) < 4.78 is 6.12. The zero-order valence-electron chi connectivity index (χ0n) is 17.2. The number of aliphatic hydroxyl groups is 1. The topological polar surface area (TPSA) is 104 Å². The second kappa shape index (κ2) is 8.50. The number of halogens is 1. The fourth-order valence-electron chi connectivity index (χ4n) is 3.84. The van der Waals surface area contributed by atoms with Crippen LogP contribution in [0.25, 0.3) is 0 Å². The molecule has 2 N–H and O–H groups in total. The Morgan fingerprint density at radius 1 is 1.29 bits per heavy atom. The molecule has 158 valence electrons. The summed E-state index contributed by atoms with van der Waals surface area (Å²) in [5.74, 6) is 1.69. The average molecular weight is 436 g/mol. The minimum atomic E-state index is -0.849. The van der Waals surface area contributed by atoms with Crippen molar-refractivity contribution in [2.24, 2.45) is 5.92 Å². The lowest BCUT2D eigenvalue weighted by Gasteiger charge is -2.22. The third kappa shape index (κ3) is 4.46. The van der Waals surface area contributed by atoms with Crippen LogP contribution in [0.1, 0.15) is 29.1 Å². The summed E-state index contributed by atoms with van der Waals surface area (Å²) in [7, 11) is 0. The summed E-state index contributed by atoms with van der Waals surface area (Å²) in [4.78, 5) is 12.8. The minimum absolute atomic E-state index is 0.116. The standard InChI is InChI=1S/C23H22ClN5O2/c1-14-20(12-26-15(2)28-14)31-13-23(17-4-3-5-18(24)8-17)9-19(23)22(30)29-21-7-6-16(10-25)11-27-21/h3-8,11-12,19,22,30H,9,13H2,1-2H3,(H,27,29). The van der Waals surface area contributed by atoms with Crippen LogP contribution in [0.15, 0.2) is 48.8 Å². The minimum Gasteiger partial charge on any atom is -0.489 e. The van der Waals surface area contributed by atoms with Crippen molar-refractivity contribution < 1.29 is 9.84 Å². The molecule has 0 bridgehead atoms. The monoisotopic (exact) mass is 435 g/mol. The Kier molecular flexibility index (Phi) is 5.77. The smallest absolute Gasteiger partial charge is 0.158 e. The van der Waals surface area contributed by atoms with Gasteiger partial charge in [-0.1, -0.05) is 23.7 Å². The van der Waals surface area contributed by atoms with Crippen molar-refractivity contribution in [2.45, 2.75) is 31.9 Å². The zero-order valence-corrected chi connectivity index (χ0v) is 18.0. The van der Waals surface area contributed by atoms with E-state index in [2.05, 4.69) is 20.3 Å². The van der Waals surface area contributed by atoms with Gasteiger partial charge in [-0.05, 0) is 50.1 Å². The van der Waals surface area contributed by atoms with Crippen LogP contribution in [-0.4, -0.2) is 32.9 Å². The molecule has 0 amide bonds. The number of nitriles is 1. The van der Waals surface area contributed by atoms with Crippen molar-refractivity contribution in [1.82, 2.24) is 15.0 Å². The molecular formula is C23H22ClN5O2. The van der Waals surface area contributed by atoms with Crippen LogP contribution < -0.4 is 10.1 Å². The normalized spacial score (nSPS) is 20.5. The SMILES string of the molecule is Cc1ncc(OCC2(c3cccc(Cl)c3)CC2C(O)Nc2ccc(C#N)cn2)c(C)n1. The van der Waals surface area contributed by atoms with E-state index in [1.807, 2.05) is 44.2 Å². The Morgan fingerprint density at radius 3 is 2.81 bits per heavy atom. The van der Waals surface area contributed by atoms with Crippen LogP contribution in [0.3, 0.4) is 0 Å². The first kappa shape index (κ1) is 21.0. The highest BCUT2D eigenvalue weighted by Crippen LogP contribution is 2.56. The summed E-state index contributed by atoms with van der Waals surface area (Å²) in [5.41, 5.74) is 1.82. The highest BCUT2D eigenvalue weighted by atomic mass is 35.5. The lowest BCUT2D eigenvalue weighted by atomic mass is 9.93. The van der Waals surface area contributed by atoms with Gasteiger partial charge in [0.1, 0.15) is 23.9 Å². The van der Waals surface area contributed by atoms with Gasteiger partial charge >= 0.3 is 0 Å². The third-order valence-electron chi connectivity index (χ3n) is 5.64. The van der Waals surface area contributed by atoms with Gasteiger partial charge in [0.25, 0.3) is 0 Å². The van der Waals surface area contributed by atoms with E-state index >= 15 is 0 Å². The van der Waals surface area contributed by atoms with Crippen LogP contribution >= 0.6 is 11.6 Å². The molecule has 3 aromatic rings. The van der Waals surface area contributed by atoms with E-state index in [0.29, 0.717) is 41.0 Å². The highest BCUT2D eigenvalue weighted by Gasteiger charge is 2.59. The van der Waals surface area contributed by atoms with Crippen molar-refractivity contribution in [1.29, 1.82) is 5.26 Å². The number of pyridine rings is 1. The van der Waals surface area contributed by atoms with Gasteiger partial charge in [0.2, 0.25) is 0 Å². The number of nitrogens with one attached hydrogen (secondary N) is 1. The van der Waals surface area contributed by atoms with Crippen LogP contribution in [0.5, 0.6) is 5.75 Å². The number of hydrogen-bond donors (Lipinski definition) is 2. The van der Waals surface area contributed by atoms with Gasteiger partial charge < -0.3 is 15.2 Å². The number of rotatable bonds is 7. The summed E-state index contributed by atoms with van der Waals surface area (Å²) in [5, 5.41) is 23.5. The molecule has 2 heterocycles. The van der Waals surface area contributed by atoms with E-state index in [0.717, 1.165) is 11.3 Å². The summed E-state index contributed by atoms with van der Waals surface area (Å²) in [6.45, 7) is 4.07. The molecule has 7 nitrogen and oxygen atoms in total. The molecule has 0 spiro atoms. The molecule has 2 aromatic heterocycles. The molecule has 1 aliphatic carbocycles. The Balaban J connectivity index is 1.55. The van der Waals surface area contributed by atoms with Crippen LogP contribution in [0.2, 0.25) is 5.02 Å². The maximum atomic E-state index is 10.9. The first-order chi connectivity index (χ1) is 14.9. The zero-order chi connectivity index (χ0) is 22.0. The fourth-order valence-corrected chi connectivity index (χ4v) is 4.03. The van der Waals surface area contributed by atoms with Gasteiger partial charge in [-0.2, -0.15) is 5.26 Å². The van der Waals surface area contributed by atoms with Gasteiger partial charge in [-0.3, -0.25) is 0 Å². The van der Waals surface area contributed by atoms with Gasteiger partial charge in [0, 0.05) is 22.6 Å². The molecule has 1 aliphatic rings. The Hall–Kier alpha value is -3.21. The Labute approximate surface area is 185 Å². The fraction of sp³-hybridized carbons (Fsp3) is 0.304. The summed E-state index contributed by atoms with van der Waals surface area (Å²) >= 11 is 6.25. The first-order valence-electron chi connectivity index (χ1n) is 9.91. The van der Waals surface area contributed by atoms with Crippen molar-refractivity contribution in [3.63, 3.8) is 0 Å². The molecule has 4 rings (SSSR count). The van der Waals surface area contributed by atoms with Gasteiger partial charge in [0.05, 0.1) is 24.1 Å². The Morgan fingerprint density at radius 2 is 2.13 bits per heavy atom. The lowest BCUT2D eigenvalue weighted by molar-refractivity contribution is 0.155. The predicted molar refractivity (Wildman–Crippen MR) is 117 cm³/mol. The van der Waals surface area contributed by atoms with E-state index in [1.54, 1.807) is 18.3 Å². The number of aryl methyl sites for hydroxylation is 2. The van der Waals surface area contributed by atoms with E-state index in [-0.39, 0.29) is 5.92 Å². The largest absolute Gasteiger partial charge is 0.489 e. The van der Waals surface area contributed by atoms with Crippen molar-refractivity contribution in [3.05, 3.63) is 76.5 Å². The molecule has 3 unspecified atom stereocenters. The molecule has 0 saturated heterocycles. The number of ether oxygens (including phenoxy) is 1. The summed E-state index contributed by atoms with van der Waals surface area (Å²) in [6.07, 6.45) is 3.01. The lowest BCUT2D eigenvalue weighted by Crippen LogP contribution is -2.30. The maximum absolute atomic E-state index is 10.9. The molecule has 1 fully saturated rings. The number of nitrogens with zero attached hydrogens (tertiary/aromatic N) is 4. The molecule has 31 heavy (non-hydrogen) atoms. The molecule has 1 aromatic carbocycles. The number of benzene rings is 1. The van der Waals surface area contributed by atoms with E-state index in [1.165, 1.54) is 6.20 Å². The van der Waals surface area contributed by atoms with Crippen LogP contribution in [0, 0.1) is 31.1 Å². The van der Waals surface area contributed by atoms with E-state index in [9.17, 15) is 5.11 Å². The predicted octanol–water partition coefficient (Wildman–Crippen LogP) is 3.78. The van der Waals surface area contributed by atoms with E-state index in [4.69, 9.17) is 21.6 Å². The van der Waals surface area contributed by atoms with Gasteiger partial charge in [-0.15, -0.1) is 0 Å². The van der Waals surface area contributed by atoms with Gasteiger partial charge in [0.15, 0.2) is 5.75 Å². The first-order valence-corrected chi connectivity index (χ1v) is 10.3. The van der Waals surface area contributed by atoms with Gasteiger partial charge in [-0.25, -0.2) is 15.0 Å². The number of aliphatic hydroxyl groups excluding tert-OH is 1. The van der Waals surface area contributed by atoms with Crippen molar-refractivity contribution in [2.75, 3.05) is 11.9 Å². The second-order valence-corrected chi connectivity index (χ2v) is 8.20. The quantitative estimate of drug-likeness (QED) is 0.544. The van der Waals surface area contributed by atoms with Crippen molar-refractivity contribution >= 4 is 17.4 Å². The number of aromatic nitrogens is 3. The molecule has 1 saturated carbocycles. The molecule has 0 radical (unpaired) electrons. The van der Waals surface area contributed by atoms with Crippen molar-refractivity contribution in [3.8, 4) is 11.8 Å². The molecule has 3 atom stereocenters. The van der Waals surface area contributed by atoms with E-state index < -0.39 is 11.6 Å². The average Bonchev–Trinajstić information content (AvgIpc) is 3.50. The molecule has 0 aliphatic heterocycles. The number of hydrogen-bond acceptors (Lipinski definition) is 7. The summed E-state index contributed by atoms with van der Waals surface area (Å²) in [6, 6.07) is 13.0. The second-order valence-electron chi connectivity index (χ2n) is 7.77. The highest BCUT2D eigenvalue weighted by molar-refractivity contribution is 6.30. The number of anilines is 1. The molecular weight excluding hydrogens is 414 g/mol. The van der Waals surface area contributed by atoms with Crippen LogP contribution in [0.4, 0.5) is 5.82 Å². The molecule has 8 heteroatoms.